The van der Waals surface area contributed by atoms with Gasteiger partial charge in [-0.15, -0.1) is 0 Å². The van der Waals surface area contributed by atoms with Crippen molar-refractivity contribution in [3.05, 3.63) is 18.0 Å². The fourth-order valence-corrected chi connectivity index (χ4v) is 2.48. The Balaban J connectivity index is 2.75. The van der Waals surface area contributed by atoms with Crippen LogP contribution in [-0.2, 0) is 23.7 Å². The first kappa shape index (κ1) is 14.2. The molecule has 0 unspecified atom stereocenters. The van der Waals surface area contributed by atoms with Crippen molar-refractivity contribution in [3.8, 4) is 0 Å². The normalized spacial score (nSPS) is 12.3. The quantitative estimate of drug-likeness (QED) is 0.714. The maximum Gasteiger partial charge on any atom is 0.242 e. The van der Waals surface area contributed by atoms with E-state index in [0.717, 1.165) is 0 Å². The SMILES string of the molecule is CN(C)CCNS(=O)(=O)c1cc(CO)n(C)c1. The Kier molecular flexibility index (Phi) is 4.70. The molecule has 6 nitrogen and oxygen atoms in total. The van der Waals surface area contributed by atoms with Gasteiger partial charge in [-0.3, -0.25) is 0 Å². The summed E-state index contributed by atoms with van der Waals surface area (Å²) < 4.78 is 27.8. The van der Waals surface area contributed by atoms with Gasteiger partial charge in [-0.25, -0.2) is 13.1 Å². The summed E-state index contributed by atoms with van der Waals surface area (Å²) in [5.41, 5.74) is 0.568. The summed E-state index contributed by atoms with van der Waals surface area (Å²) in [5.74, 6) is 0. The van der Waals surface area contributed by atoms with Gasteiger partial charge >= 0.3 is 0 Å². The highest BCUT2D eigenvalue weighted by molar-refractivity contribution is 7.89. The molecule has 0 spiro atoms. The molecule has 0 bridgehead atoms. The number of hydrogen-bond donors (Lipinski definition) is 2. The molecule has 1 aromatic heterocycles. The predicted molar refractivity (Wildman–Crippen MR) is 65.1 cm³/mol. The van der Waals surface area contributed by atoms with Gasteiger partial charge in [0.05, 0.1) is 11.5 Å². The smallest absolute Gasteiger partial charge is 0.242 e. The van der Waals surface area contributed by atoms with Crippen LogP contribution in [0.15, 0.2) is 17.2 Å². The van der Waals surface area contributed by atoms with Crippen LogP contribution in [0.2, 0.25) is 0 Å². The molecule has 7 heteroatoms. The third-order valence-corrected chi connectivity index (χ3v) is 3.83. The van der Waals surface area contributed by atoms with E-state index in [0.29, 0.717) is 18.8 Å². The maximum atomic E-state index is 11.9. The lowest BCUT2D eigenvalue weighted by molar-refractivity contribution is 0.272. The number of rotatable bonds is 6. The van der Waals surface area contributed by atoms with Gasteiger partial charge in [-0.1, -0.05) is 0 Å². The monoisotopic (exact) mass is 261 g/mol. The zero-order valence-electron chi connectivity index (χ0n) is 10.3. The molecule has 0 aliphatic carbocycles. The Hall–Kier alpha value is -0.890. The molecule has 1 aromatic rings. The molecule has 0 atom stereocenters. The number of nitrogens with one attached hydrogen (secondary N) is 1. The summed E-state index contributed by atoms with van der Waals surface area (Å²) in [6.07, 6.45) is 1.49. The van der Waals surface area contributed by atoms with Crippen LogP contribution >= 0.6 is 0 Å². The van der Waals surface area contributed by atoms with Crippen LogP contribution in [0.4, 0.5) is 0 Å². The van der Waals surface area contributed by atoms with Crippen molar-refractivity contribution in [1.29, 1.82) is 0 Å². The molecule has 0 aliphatic heterocycles. The van der Waals surface area contributed by atoms with E-state index in [9.17, 15) is 8.42 Å². The molecule has 0 fully saturated rings. The first-order chi connectivity index (χ1) is 7.86. The number of likely N-dealkylation sites (N-methyl/N-ethyl adjacent to an activating group) is 1. The van der Waals surface area contributed by atoms with E-state index in [-0.39, 0.29) is 11.5 Å². The van der Waals surface area contributed by atoms with E-state index in [1.807, 2.05) is 19.0 Å². The second kappa shape index (κ2) is 5.63. The van der Waals surface area contributed by atoms with Gasteiger partial charge in [-0.2, -0.15) is 0 Å². The second-order valence-corrected chi connectivity index (χ2v) is 5.90. The summed E-state index contributed by atoms with van der Waals surface area (Å²) in [7, 11) is 1.97. The Morgan fingerprint density at radius 3 is 2.59 bits per heavy atom. The number of aromatic nitrogens is 1. The third-order valence-electron chi connectivity index (χ3n) is 2.41. The van der Waals surface area contributed by atoms with E-state index in [1.54, 1.807) is 11.6 Å². The second-order valence-electron chi connectivity index (χ2n) is 4.14. The number of nitrogens with zero attached hydrogens (tertiary/aromatic N) is 2. The molecule has 0 aromatic carbocycles. The van der Waals surface area contributed by atoms with Crippen LogP contribution < -0.4 is 4.72 Å². The van der Waals surface area contributed by atoms with E-state index >= 15 is 0 Å². The van der Waals surface area contributed by atoms with Gasteiger partial charge in [0.15, 0.2) is 0 Å². The van der Waals surface area contributed by atoms with Gasteiger partial charge < -0.3 is 14.6 Å². The molecule has 1 heterocycles. The van der Waals surface area contributed by atoms with Crippen LogP contribution in [0.5, 0.6) is 0 Å². The molecule has 0 saturated heterocycles. The number of aliphatic hydroxyl groups is 1. The Morgan fingerprint density at radius 2 is 2.12 bits per heavy atom. The minimum atomic E-state index is -3.48. The molecular weight excluding hydrogens is 242 g/mol. The number of sulfonamides is 1. The Labute approximate surface area is 102 Å². The number of aliphatic hydroxyl groups excluding tert-OH is 1. The van der Waals surface area contributed by atoms with Crippen LogP contribution in [0, 0.1) is 0 Å². The highest BCUT2D eigenvalue weighted by Gasteiger charge is 2.16. The zero-order valence-corrected chi connectivity index (χ0v) is 11.2. The molecule has 0 radical (unpaired) electrons. The third kappa shape index (κ3) is 3.81. The van der Waals surface area contributed by atoms with Crippen molar-refractivity contribution in [2.45, 2.75) is 11.5 Å². The summed E-state index contributed by atoms with van der Waals surface area (Å²) in [6, 6.07) is 1.47. The van der Waals surface area contributed by atoms with Crippen molar-refractivity contribution in [1.82, 2.24) is 14.2 Å². The summed E-state index contributed by atoms with van der Waals surface area (Å²) >= 11 is 0. The molecule has 0 amide bonds. The minimum Gasteiger partial charge on any atom is -0.390 e. The largest absolute Gasteiger partial charge is 0.390 e. The fraction of sp³-hybridized carbons (Fsp3) is 0.600. The molecule has 0 aliphatic rings. The summed E-state index contributed by atoms with van der Waals surface area (Å²) in [6.45, 7) is 0.821. The van der Waals surface area contributed by atoms with Crippen LogP contribution in [-0.4, -0.2) is 50.2 Å². The van der Waals surface area contributed by atoms with Gasteiger partial charge in [0.2, 0.25) is 10.0 Å². The molecular formula is C10H19N3O3S. The lowest BCUT2D eigenvalue weighted by Gasteiger charge is -2.09. The molecule has 17 heavy (non-hydrogen) atoms. The lowest BCUT2D eigenvalue weighted by atomic mass is 10.5. The first-order valence-electron chi connectivity index (χ1n) is 5.27. The van der Waals surface area contributed by atoms with Gasteiger partial charge in [0, 0.05) is 32.0 Å². The van der Waals surface area contributed by atoms with E-state index in [4.69, 9.17) is 5.11 Å². The van der Waals surface area contributed by atoms with Crippen molar-refractivity contribution in [2.75, 3.05) is 27.2 Å². The zero-order chi connectivity index (χ0) is 13.1. The van der Waals surface area contributed by atoms with Crippen molar-refractivity contribution in [2.24, 2.45) is 7.05 Å². The number of aryl methyl sites for hydroxylation is 1. The predicted octanol–water partition coefficient (Wildman–Crippen LogP) is -0.643. The minimum absolute atomic E-state index is 0.177. The molecule has 98 valence electrons. The molecule has 0 saturated carbocycles. The van der Waals surface area contributed by atoms with Gasteiger partial charge in [-0.05, 0) is 20.2 Å². The maximum absolute atomic E-state index is 11.9. The van der Waals surface area contributed by atoms with E-state index in [2.05, 4.69) is 4.72 Å². The molecule has 1 rings (SSSR count). The fourth-order valence-electron chi connectivity index (χ4n) is 1.37. The molecule has 2 N–H and O–H groups in total. The van der Waals surface area contributed by atoms with Crippen molar-refractivity contribution in [3.63, 3.8) is 0 Å². The standard InChI is InChI=1S/C10H19N3O3S/c1-12(2)5-4-11-17(15,16)10-6-9(8-14)13(3)7-10/h6-7,11,14H,4-5,8H2,1-3H3. The average Bonchev–Trinajstić information content (AvgIpc) is 2.59. The Morgan fingerprint density at radius 1 is 1.47 bits per heavy atom. The topological polar surface area (TPSA) is 74.6 Å². The highest BCUT2D eigenvalue weighted by Crippen LogP contribution is 2.12. The van der Waals surface area contributed by atoms with E-state index < -0.39 is 10.0 Å². The number of hydrogen-bond acceptors (Lipinski definition) is 4. The van der Waals surface area contributed by atoms with Crippen LogP contribution in [0.25, 0.3) is 0 Å². The average molecular weight is 261 g/mol. The van der Waals surface area contributed by atoms with Crippen molar-refractivity contribution >= 4 is 10.0 Å². The first-order valence-corrected chi connectivity index (χ1v) is 6.75. The van der Waals surface area contributed by atoms with Gasteiger partial charge in [0.25, 0.3) is 0 Å². The van der Waals surface area contributed by atoms with E-state index in [1.165, 1.54) is 12.3 Å². The highest BCUT2D eigenvalue weighted by atomic mass is 32.2. The lowest BCUT2D eigenvalue weighted by Crippen LogP contribution is -2.31. The van der Waals surface area contributed by atoms with Crippen LogP contribution in [0.3, 0.4) is 0 Å². The summed E-state index contributed by atoms with van der Waals surface area (Å²) in [5, 5.41) is 9.00. The Bertz CT molecular complexity index is 465. The van der Waals surface area contributed by atoms with Crippen LogP contribution in [0.1, 0.15) is 5.69 Å². The van der Waals surface area contributed by atoms with Gasteiger partial charge in [0.1, 0.15) is 0 Å². The van der Waals surface area contributed by atoms with Crippen molar-refractivity contribution < 1.29 is 13.5 Å². The summed E-state index contributed by atoms with van der Waals surface area (Å²) in [4.78, 5) is 2.08.